The topological polar surface area (TPSA) is 123 Å². The number of aliphatic hydroxyl groups excluding tert-OH is 1. The van der Waals surface area contributed by atoms with E-state index in [9.17, 15) is 19.5 Å². The molecule has 2 aromatic carbocycles. The van der Waals surface area contributed by atoms with E-state index in [0.29, 0.717) is 43.1 Å². The standard InChI is InChI=1S/C28H31N3O4.C6H8N2O/c1-29-10-8-21(16-27(29)33)14-20-6-7-26-25(15-20)28(34)31(12-13-35-26)19-24(32)18-30-11-9-22-4-2-3-5-23(22)17-30;1-8-3-2-5(7)4-6(8)9/h2-8,10,15-16,24,32H,9,11-14,17-19H2,1H3;2-4H,7H2,1H3/t24-;/m1./s1. The molecule has 0 unspecified atom stereocenters. The highest BCUT2D eigenvalue weighted by Crippen LogP contribution is 2.26. The van der Waals surface area contributed by atoms with E-state index in [1.807, 2.05) is 24.3 Å². The normalized spacial score (nSPS) is 15.2. The van der Waals surface area contributed by atoms with Crippen molar-refractivity contribution in [3.63, 3.8) is 0 Å². The number of ether oxygens (including phenoxy) is 1. The molecule has 2 aliphatic heterocycles. The molecule has 1 atom stereocenters. The maximum absolute atomic E-state index is 13.4. The summed E-state index contributed by atoms with van der Waals surface area (Å²) in [5.74, 6) is 0.429. The Hall–Kier alpha value is -4.67. The van der Waals surface area contributed by atoms with Gasteiger partial charge < -0.3 is 29.6 Å². The van der Waals surface area contributed by atoms with Crippen LogP contribution in [0.2, 0.25) is 0 Å². The van der Waals surface area contributed by atoms with Gasteiger partial charge in [-0.25, -0.2) is 0 Å². The van der Waals surface area contributed by atoms with Crippen LogP contribution >= 0.6 is 0 Å². The van der Waals surface area contributed by atoms with Crippen LogP contribution in [0, 0.1) is 0 Å². The molecule has 0 fully saturated rings. The molecule has 1 amide bonds. The third-order valence-electron chi connectivity index (χ3n) is 8.00. The zero-order chi connectivity index (χ0) is 31.2. The average Bonchev–Trinajstić information content (AvgIpc) is 3.15. The SMILES string of the molecule is Cn1ccc(Cc2ccc3c(c2)C(=O)N(C[C@H](O)CN2CCc4ccccc4C2)CCO3)cc1=O.Cn1ccc(N)cc1=O. The van der Waals surface area contributed by atoms with Crippen LogP contribution in [0.5, 0.6) is 5.75 Å². The second-order valence-corrected chi connectivity index (χ2v) is 11.4. The van der Waals surface area contributed by atoms with Gasteiger partial charge in [0, 0.05) is 70.5 Å². The molecular formula is C34H39N5O5. The van der Waals surface area contributed by atoms with Crippen LogP contribution in [-0.4, -0.2) is 68.8 Å². The lowest BCUT2D eigenvalue weighted by Gasteiger charge is -2.32. The number of pyridine rings is 2. The number of nitrogens with two attached hydrogens (primary N) is 1. The monoisotopic (exact) mass is 597 g/mol. The largest absolute Gasteiger partial charge is 0.491 e. The Morgan fingerprint density at radius 3 is 2.27 bits per heavy atom. The zero-order valence-electron chi connectivity index (χ0n) is 25.2. The van der Waals surface area contributed by atoms with Crippen LogP contribution in [0.25, 0.3) is 0 Å². The van der Waals surface area contributed by atoms with Gasteiger partial charge in [-0.2, -0.15) is 0 Å². The summed E-state index contributed by atoms with van der Waals surface area (Å²) in [6, 6.07) is 20.6. The fraction of sp³-hybridized carbons (Fsp3) is 0.324. The highest BCUT2D eigenvalue weighted by atomic mass is 16.5. The number of fused-ring (bicyclic) bond motifs is 2. The van der Waals surface area contributed by atoms with E-state index < -0.39 is 6.10 Å². The zero-order valence-corrected chi connectivity index (χ0v) is 25.2. The van der Waals surface area contributed by atoms with Crippen molar-refractivity contribution in [3.8, 4) is 5.75 Å². The van der Waals surface area contributed by atoms with Crippen molar-refractivity contribution in [2.24, 2.45) is 14.1 Å². The number of benzene rings is 2. The summed E-state index contributed by atoms with van der Waals surface area (Å²) in [5, 5.41) is 10.8. The van der Waals surface area contributed by atoms with Gasteiger partial charge in [0.25, 0.3) is 17.0 Å². The summed E-state index contributed by atoms with van der Waals surface area (Å²) >= 11 is 0. The second-order valence-electron chi connectivity index (χ2n) is 11.4. The summed E-state index contributed by atoms with van der Waals surface area (Å²) in [7, 11) is 3.40. The second kappa shape index (κ2) is 13.7. The van der Waals surface area contributed by atoms with Crippen molar-refractivity contribution in [1.82, 2.24) is 18.9 Å². The molecule has 3 N–H and O–H groups in total. The van der Waals surface area contributed by atoms with E-state index >= 15 is 0 Å². The summed E-state index contributed by atoms with van der Waals surface area (Å²) in [5.41, 5.74) is 10.7. The van der Waals surface area contributed by atoms with Crippen molar-refractivity contribution in [1.29, 1.82) is 0 Å². The van der Waals surface area contributed by atoms with Gasteiger partial charge in [0.1, 0.15) is 12.4 Å². The molecule has 2 aliphatic rings. The molecule has 10 heteroatoms. The van der Waals surface area contributed by atoms with Crippen LogP contribution in [0.4, 0.5) is 5.69 Å². The highest BCUT2D eigenvalue weighted by molar-refractivity contribution is 5.97. The van der Waals surface area contributed by atoms with E-state index in [2.05, 4.69) is 29.2 Å². The van der Waals surface area contributed by atoms with Gasteiger partial charge in [-0.3, -0.25) is 19.3 Å². The molecule has 0 spiro atoms. The Kier molecular flexibility index (Phi) is 9.62. The number of aromatic nitrogens is 2. The van der Waals surface area contributed by atoms with E-state index in [4.69, 9.17) is 10.5 Å². The molecule has 2 aromatic heterocycles. The van der Waals surface area contributed by atoms with Gasteiger partial charge in [0.05, 0.1) is 18.2 Å². The molecular weight excluding hydrogens is 558 g/mol. The predicted molar refractivity (Wildman–Crippen MR) is 170 cm³/mol. The molecule has 0 aliphatic carbocycles. The van der Waals surface area contributed by atoms with Crippen molar-refractivity contribution >= 4 is 11.6 Å². The first-order valence-electron chi connectivity index (χ1n) is 14.8. The molecule has 230 valence electrons. The molecule has 44 heavy (non-hydrogen) atoms. The number of amides is 1. The fourth-order valence-electron chi connectivity index (χ4n) is 5.51. The van der Waals surface area contributed by atoms with Crippen LogP contribution in [0.15, 0.2) is 88.7 Å². The number of carbonyl (C=O) groups excluding carboxylic acids is 1. The lowest BCUT2D eigenvalue weighted by molar-refractivity contribution is 0.0501. The van der Waals surface area contributed by atoms with Crippen LogP contribution in [0.1, 0.15) is 32.6 Å². The number of rotatable bonds is 6. The number of aryl methyl sites for hydroxylation is 2. The number of carbonyl (C=O) groups is 1. The molecule has 10 nitrogen and oxygen atoms in total. The number of aliphatic hydroxyl groups is 1. The Morgan fingerprint density at radius 1 is 0.841 bits per heavy atom. The Morgan fingerprint density at radius 2 is 1.55 bits per heavy atom. The Bertz CT molecular complexity index is 1750. The Labute approximate surface area is 256 Å². The first kappa shape index (κ1) is 30.8. The van der Waals surface area contributed by atoms with Crippen molar-refractivity contribution in [2.75, 3.05) is 38.5 Å². The van der Waals surface area contributed by atoms with Gasteiger partial charge in [-0.15, -0.1) is 0 Å². The maximum Gasteiger partial charge on any atom is 0.257 e. The van der Waals surface area contributed by atoms with E-state index in [1.165, 1.54) is 26.3 Å². The first-order valence-corrected chi connectivity index (χ1v) is 14.8. The quantitative estimate of drug-likeness (QED) is 0.349. The minimum atomic E-state index is -0.644. The van der Waals surface area contributed by atoms with Gasteiger partial charge in [0.15, 0.2) is 0 Å². The van der Waals surface area contributed by atoms with Gasteiger partial charge in [-0.05, 0) is 59.4 Å². The highest BCUT2D eigenvalue weighted by Gasteiger charge is 2.27. The number of β-amino-alcohol motifs (C(OH)–C–C–N with tert-alkyl or cyclic N) is 1. The predicted octanol–water partition coefficient (Wildman–Crippen LogP) is 2.20. The Balaban J connectivity index is 0.000000367. The number of nitrogens with zero attached hydrogens (tertiary/aromatic N) is 4. The number of hydrogen-bond donors (Lipinski definition) is 2. The van der Waals surface area contributed by atoms with Crippen molar-refractivity contribution in [3.05, 3.63) is 128 Å². The lowest BCUT2D eigenvalue weighted by Crippen LogP contribution is -2.44. The molecule has 0 saturated heterocycles. The number of anilines is 1. The van der Waals surface area contributed by atoms with Gasteiger partial charge in [-0.1, -0.05) is 30.3 Å². The molecule has 0 saturated carbocycles. The van der Waals surface area contributed by atoms with Crippen LogP contribution in [-0.2, 0) is 33.5 Å². The third kappa shape index (κ3) is 7.64. The fourth-order valence-corrected chi connectivity index (χ4v) is 5.51. The minimum absolute atomic E-state index is 0.0611. The van der Waals surface area contributed by atoms with Gasteiger partial charge >= 0.3 is 0 Å². The molecule has 4 heterocycles. The summed E-state index contributed by atoms with van der Waals surface area (Å²) < 4.78 is 8.85. The smallest absolute Gasteiger partial charge is 0.257 e. The number of hydrogen-bond acceptors (Lipinski definition) is 7. The van der Waals surface area contributed by atoms with E-state index in [0.717, 1.165) is 30.6 Å². The van der Waals surface area contributed by atoms with Crippen LogP contribution in [0.3, 0.4) is 0 Å². The summed E-state index contributed by atoms with van der Waals surface area (Å²) in [6.07, 6.45) is 4.27. The molecule has 0 bridgehead atoms. The average molecular weight is 598 g/mol. The molecule has 4 aromatic rings. The van der Waals surface area contributed by atoms with Crippen LogP contribution < -0.4 is 21.6 Å². The third-order valence-corrected chi connectivity index (χ3v) is 8.00. The van der Waals surface area contributed by atoms with E-state index in [1.54, 1.807) is 43.5 Å². The maximum atomic E-state index is 13.4. The summed E-state index contributed by atoms with van der Waals surface area (Å²) in [6.45, 7) is 3.32. The number of nitrogen functional groups attached to an aromatic ring is 1. The first-order chi connectivity index (χ1) is 21.2. The molecule has 6 rings (SSSR count). The lowest BCUT2D eigenvalue weighted by atomic mass is 9.99. The summed E-state index contributed by atoms with van der Waals surface area (Å²) in [4.78, 5) is 40.0. The van der Waals surface area contributed by atoms with E-state index in [-0.39, 0.29) is 23.6 Å². The van der Waals surface area contributed by atoms with Crippen molar-refractivity contribution < 1.29 is 14.6 Å². The minimum Gasteiger partial charge on any atom is -0.491 e. The molecule has 0 radical (unpaired) electrons. The van der Waals surface area contributed by atoms with Gasteiger partial charge in [0.2, 0.25) is 0 Å². The van der Waals surface area contributed by atoms with Crippen molar-refractivity contribution in [2.45, 2.75) is 25.5 Å².